The third-order valence-electron chi connectivity index (χ3n) is 4.91. The number of halogens is 3. The Morgan fingerprint density at radius 3 is 2.64 bits per heavy atom. The van der Waals surface area contributed by atoms with E-state index in [9.17, 15) is 13.6 Å². The normalized spacial score (nSPS) is 16.2. The number of alkyl halides is 3. The third-order valence-corrected chi connectivity index (χ3v) is 5.11. The summed E-state index contributed by atoms with van der Waals surface area (Å²) in [5.41, 5.74) is -0.284. The fraction of sp³-hybridized carbons (Fsp3) is 0.421. The lowest BCUT2D eigenvalue weighted by molar-refractivity contribution is 0.0864. The van der Waals surface area contributed by atoms with Gasteiger partial charge in [-0.1, -0.05) is 25.7 Å². The molecule has 0 aromatic carbocycles. The Morgan fingerprint density at radius 1 is 1.25 bits per heavy atom. The van der Waals surface area contributed by atoms with Crippen molar-refractivity contribution >= 4 is 23.2 Å². The van der Waals surface area contributed by atoms with Crippen LogP contribution in [-0.4, -0.2) is 26.5 Å². The molecule has 0 spiro atoms. The van der Waals surface area contributed by atoms with Gasteiger partial charge in [0, 0.05) is 12.1 Å². The first kappa shape index (κ1) is 18.9. The number of aromatic nitrogens is 3. The molecule has 28 heavy (non-hydrogen) atoms. The van der Waals surface area contributed by atoms with Gasteiger partial charge in [-0.05, 0) is 42.6 Å². The summed E-state index contributed by atoms with van der Waals surface area (Å²) in [6.45, 7) is 0. The Balaban J connectivity index is 1.70. The largest absolute Gasteiger partial charge is 0.463 e. The fourth-order valence-corrected chi connectivity index (χ4v) is 3.66. The summed E-state index contributed by atoms with van der Waals surface area (Å²) in [6, 6.07) is 5.79. The summed E-state index contributed by atoms with van der Waals surface area (Å²) < 4.78 is 34.1. The van der Waals surface area contributed by atoms with Crippen molar-refractivity contribution in [1.29, 1.82) is 0 Å². The number of nitrogens with one attached hydrogen (secondary N) is 1. The highest BCUT2D eigenvalue weighted by molar-refractivity contribution is 6.21. The molecular weight excluding hydrogens is 390 g/mol. The van der Waals surface area contributed by atoms with Crippen LogP contribution in [-0.2, 0) is 5.38 Å². The molecule has 0 atom stereocenters. The molecule has 0 radical (unpaired) electrons. The fourth-order valence-electron chi connectivity index (χ4n) is 3.52. The quantitative estimate of drug-likeness (QED) is 0.500. The average Bonchev–Trinajstić information content (AvgIpc) is 3.26. The van der Waals surface area contributed by atoms with Gasteiger partial charge in [0.1, 0.15) is 11.4 Å². The van der Waals surface area contributed by atoms with Gasteiger partial charge in [-0.3, -0.25) is 4.79 Å². The zero-order valence-electron chi connectivity index (χ0n) is 15.0. The molecule has 0 aliphatic heterocycles. The van der Waals surface area contributed by atoms with Crippen LogP contribution in [0.4, 0.5) is 8.78 Å². The minimum atomic E-state index is -3.69. The smallest absolute Gasteiger partial charge is 0.364 e. The predicted octanol–water partition coefficient (Wildman–Crippen LogP) is 4.73. The maximum Gasteiger partial charge on any atom is 0.364 e. The first-order chi connectivity index (χ1) is 13.4. The lowest BCUT2D eigenvalue weighted by Gasteiger charge is -2.15. The van der Waals surface area contributed by atoms with E-state index < -0.39 is 17.0 Å². The topological polar surface area (TPSA) is 72.4 Å². The number of fused-ring (bicyclic) bond motifs is 1. The van der Waals surface area contributed by atoms with Crippen molar-refractivity contribution in [1.82, 2.24) is 19.9 Å². The number of hydrogen-bond acceptors (Lipinski definition) is 4. The second kappa shape index (κ2) is 7.50. The van der Waals surface area contributed by atoms with Crippen molar-refractivity contribution in [3.63, 3.8) is 0 Å². The predicted molar refractivity (Wildman–Crippen MR) is 99.4 cm³/mol. The molecule has 1 amide bonds. The van der Waals surface area contributed by atoms with E-state index in [4.69, 9.17) is 16.0 Å². The van der Waals surface area contributed by atoms with Gasteiger partial charge in [-0.15, -0.1) is 0 Å². The molecule has 9 heteroatoms. The van der Waals surface area contributed by atoms with Crippen LogP contribution in [0.3, 0.4) is 0 Å². The first-order valence-corrected chi connectivity index (χ1v) is 9.62. The van der Waals surface area contributed by atoms with E-state index in [1.807, 2.05) is 0 Å². The van der Waals surface area contributed by atoms with Gasteiger partial charge in [0.05, 0.1) is 6.26 Å². The number of hydrogen-bond donors (Lipinski definition) is 1. The van der Waals surface area contributed by atoms with E-state index >= 15 is 0 Å². The monoisotopic (exact) mass is 408 g/mol. The number of nitrogens with zero attached hydrogens (tertiary/aromatic N) is 3. The van der Waals surface area contributed by atoms with Crippen LogP contribution in [0.15, 0.2) is 34.9 Å². The highest BCUT2D eigenvalue weighted by atomic mass is 35.5. The maximum absolute atomic E-state index is 14.0. The third kappa shape index (κ3) is 3.87. The summed E-state index contributed by atoms with van der Waals surface area (Å²) >= 11 is 5.28. The van der Waals surface area contributed by atoms with Gasteiger partial charge < -0.3 is 9.73 Å². The van der Waals surface area contributed by atoms with Crippen LogP contribution >= 0.6 is 11.6 Å². The maximum atomic E-state index is 14.0. The van der Waals surface area contributed by atoms with E-state index in [2.05, 4.69) is 15.4 Å². The molecule has 1 aliphatic carbocycles. The van der Waals surface area contributed by atoms with E-state index in [-0.39, 0.29) is 23.1 Å². The molecule has 0 unspecified atom stereocenters. The number of carbonyl (C=O) groups is 1. The van der Waals surface area contributed by atoms with E-state index in [1.54, 1.807) is 12.1 Å². The number of furan rings is 1. The lowest BCUT2D eigenvalue weighted by atomic mass is 10.1. The molecule has 3 aromatic heterocycles. The van der Waals surface area contributed by atoms with Gasteiger partial charge in [0.2, 0.25) is 0 Å². The second-order valence-corrected chi connectivity index (χ2v) is 7.44. The minimum absolute atomic E-state index is 0.0236. The number of amides is 1. The van der Waals surface area contributed by atoms with Gasteiger partial charge in [0.25, 0.3) is 5.91 Å². The molecule has 4 rings (SSSR count). The van der Waals surface area contributed by atoms with Crippen molar-refractivity contribution in [3.05, 3.63) is 41.9 Å². The minimum Gasteiger partial charge on any atom is -0.463 e. The Kier molecular flexibility index (Phi) is 5.05. The molecular formula is C19H19ClF2N4O2. The lowest BCUT2D eigenvalue weighted by Crippen LogP contribution is -2.34. The summed E-state index contributed by atoms with van der Waals surface area (Å²) in [5.74, 6) is -0.0869. The van der Waals surface area contributed by atoms with Crippen molar-refractivity contribution in [3.8, 4) is 11.5 Å². The molecule has 6 nitrogen and oxygen atoms in total. The molecule has 148 valence electrons. The highest BCUT2D eigenvalue weighted by Crippen LogP contribution is 2.34. The zero-order valence-corrected chi connectivity index (χ0v) is 15.8. The van der Waals surface area contributed by atoms with Crippen molar-refractivity contribution in [2.24, 2.45) is 0 Å². The molecule has 3 heterocycles. The molecule has 3 aromatic rings. The Bertz CT molecular complexity index is 974. The Morgan fingerprint density at radius 2 is 2.00 bits per heavy atom. The van der Waals surface area contributed by atoms with Gasteiger partial charge in [0.15, 0.2) is 17.1 Å². The number of carbonyl (C=O) groups excluding carboxylic acids is 1. The van der Waals surface area contributed by atoms with Crippen LogP contribution in [0.1, 0.15) is 54.7 Å². The summed E-state index contributed by atoms with van der Waals surface area (Å²) in [7, 11) is 0. The highest BCUT2D eigenvalue weighted by Gasteiger charge is 2.33. The standard InChI is InChI=1S/C19H19ClF2N4O2/c20-19(21,22)16-10-13(15-8-5-9-28-15)24-17-11-14(25-26(16)17)18(27)23-12-6-3-1-2-4-7-12/h5,8-12H,1-4,6-7H2,(H,23,27). The van der Waals surface area contributed by atoms with Gasteiger partial charge in [-0.2, -0.15) is 13.9 Å². The van der Waals surface area contributed by atoms with E-state index in [1.165, 1.54) is 12.3 Å². The second-order valence-electron chi connectivity index (χ2n) is 6.96. The average molecular weight is 409 g/mol. The van der Waals surface area contributed by atoms with Crippen molar-refractivity contribution in [2.75, 3.05) is 0 Å². The van der Waals surface area contributed by atoms with Gasteiger partial charge >= 0.3 is 5.38 Å². The summed E-state index contributed by atoms with van der Waals surface area (Å²) in [6.07, 6.45) is 7.68. The molecule has 0 saturated heterocycles. The first-order valence-electron chi connectivity index (χ1n) is 9.24. The van der Waals surface area contributed by atoms with Crippen molar-refractivity contribution < 1.29 is 18.0 Å². The van der Waals surface area contributed by atoms with E-state index in [0.717, 1.165) is 49.1 Å². The van der Waals surface area contributed by atoms with Crippen LogP contribution in [0, 0.1) is 0 Å². The van der Waals surface area contributed by atoms with Gasteiger partial charge in [-0.25, -0.2) is 9.50 Å². The van der Waals surface area contributed by atoms with E-state index in [0.29, 0.717) is 5.76 Å². The number of rotatable bonds is 4. The Labute approximate surface area is 164 Å². The molecule has 1 fully saturated rings. The van der Waals surface area contributed by atoms with Crippen molar-refractivity contribution in [2.45, 2.75) is 49.9 Å². The van der Waals surface area contributed by atoms with Crippen LogP contribution < -0.4 is 5.32 Å². The SMILES string of the molecule is O=C(NC1CCCCCC1)c1cc2nc(-c3ccco3)cc(C(F)(F)Cl)n2n1. The molecule has 1 aliphatic rings. The van der Waals surface area contributed by atoms with Crippen LogP contribution in [0.5, 0.6) is 0 Å². The molecule has 0 bridgehead atoms. The summed E-state index contributed by atoms with van der Waals surface area (Å²) in [5, 5.41) is 3.30. The Hall–Kier alpha value is -2.48. The van der Waals surface area contributed by atoms with Crippen LogP contribution in [0.2, 0.25) is 0 Å². The summed E-state index contributed by atoms with van der Waals surface area (Å²) in [4.78, 5) is 16.9. The molecule has 1 N–H and O–H groups in total. The molecule has 1 saturated carbocycles. The van der Waals surface area contributed by atoms with Crippen LogP contribution in [0.25, 0.3) is 17.1 Å². The zero-order chi connectivity index (χ0) is 19.7.